The summed E-state index contributed by atoms with van der Waals surface area (Å²) in [6, 6.07) is 0. The molecule has 0 radical (unpaired) electrons. The highest BCUT2D eigenvalue weighted by atomic mass is 16.4. The molecular weight excluding hydrogens is 308 g/mol. The standard InChI is InChI=1S/C18H28N2O4/c1-18(2)14(15(18)17(23)24)16(22)19-9-6-12(7-10-19)11-20-8-4-3-5-13(20)21/h12,14-15H,3-11H2,1-2H3,(H,23,24)/t14-,15+/m1/s1. The smallest absolute Gasteiger partial charge is 0.307 e. The van der Waals surface area contributed by atoms with Crippen LogP contribution < -0.4 is 0 Å². The average molecular weight is 336 g/mol. The van der Waals surface area contributed by atoms with Crippen molar-refractivity contribution in [3.05, 3.63) is 0 Å². The first kappa shape index (κ1) is 17.2. The van der Waals surface area contributed by atoms with Crippen molar-refractivity contribution in [1.29, 1.82) is 0 Å². The molecule has 3 rings (SSSR count). The van der Waals surface area contributed by atoms with E-state index in [9.17, 15) is 19.5 Å². The molecule has 3 aliphatic rings. The van der Waals surface area contributed by atoms with Gasteiger partial charge in [0, 0.05) is 32.6 Å². The number of carboxylic acids is 1. The second kappa shape index (κ2) is 6.37. The maximum Gasteiger partial charge on any atom is 0.307 e. The molecule has 2 aliphatic heterocycles. The molecule has 134 valence electrons. The van der Waals surface area contributed by atoms with Gasteiger partial charge in [-0.2, -0.15) is 0 Å². The molecule has 0 unspecified atom stereocenters. The number of piperidine rings is 2. The number of aliphatic carboxylic acids is 1. The predicted octanol–water partition coefficient (Wildman–Crippen LogP) is 1.59. The van der Waals surface area contributed by atoms with E-state index in [1.54, 1.807) is 0 Å². The van der Waals surface area contributed by atoms with Gasteiger partial charge in [0.15, 0.2) is 0 Å². The van der Waals surface area contributed by atoms with Crippen molar-refractivity contribution in [1.82, 2.24) is 9.80 Å². The fourth-order valence-corrected chi connectivity index (χ4v) is 4.46. The predicted molar refractivity (Wildman–Crippen MR) is 88.1 cm³/mol. The molecule has 2 saturated heterocycles. The lowest BCUT2D eigenvalue weighted by molar-refractivity contribution is -0.142. The number of likely N-dealkylation sites (tertiary alicyclic amines) is 2. The van der Waals surface area contributed by atoms with E-state index in [1.165, 1.54) is 0 Å². The molecule has 2 amide bonds. The lowest BCUT2D eigenvalue weighted by Gasteiger charge is -2.36. The van der Waals surface area contributed by atoms with Gasteiger partial charge in [-0.1, -0.05) is 13.8 Å². The average Bonchev–Trinajstić information content (AvgIpc) is 3.12. The van der Waals surface area contributed by atoms with E-state index in [1.807, 2.05) is 23.6 Å². The highest BCUT2D eigenvalue weighted by molar-refractivity contribution is 5.91. The van der Waals surface area contributed by atoms with Crippen LogP contribution in [0.5, 0.6) is 0 Å². The van der Waals surface area contributed by atoms with Crippen LogP contribution in [0, 0.1) is 23.2 Å². The van der Waals surface area contributed by atoms with Gasteiger partial charge in [0.25, 0.3) is 0 Å². The molecule has 6 heteroatoms. The third-order valence-electron chi connectivity index (χ3n) is 6.19. The minimum Gasteiger partial charge on any atom is -0.481 e. The molecule has 1 aliphatic carbocycles. The summed E-state index contributed by atoms with van der Waals surface area (Å²) in [6.07, 6.45) is 4.58. The highest BCUT2D eigenvalue weighted by Gasteiger charge is 2.66. The third-order valence-corrected chi connectivity index (χ3v) is 6.19. The molecule has 0 aromatic heterocycles. The maximum atomic E-state index is 12.6. The van der Waals surface area contributed by atoms with Gasteiger partial charge in [-0.15, -0.1) is 0 Å². The molecule has 3 fully saturated rings. The number of hydrogen-bond acceptors (Lipinski definition) is 3. The number of carboxylic acid groups (broad SMARTS) is 1. The van der Waals surface area contributed by atoms with Gasteiger partial charge in [-0.25, -0.2) is 0 Å². The van der Waals surface area contributed by atoms with E-state index in [2.05, 4.69) is 0 Å². The zero-order valence-electron chi connectivity index (χ0n) is 14.7. The minimum atomic E-state index is -0.864. The number of amides is 2. The van der Waals surface area contributed by atoms with Crippen molar-refractivity contribution in [2.45, 2.75) is 46.0 Å². The molecule has 24 heavy (non-hydrogen) atoms. The summed E-state index contributed by atoms with van der Waals surface area (Å²) >= 11 is 0. The minimum absolute atomic E-state index is 0.0000936. The van der Waals surface area contributed by atoms with E-state index in [-0.39, 0.29) is 17.7 Å². The highest BCUT2D eigenvalue weighted by Crippen LogP contribution is 2.59. The Morgan fingerprint density at radius 2 is 1.79 bits per heavy atom. The molecule has 0 aromatic rings. The molecule has 1 N–H and O–H groups in total. The quantitative estimate of drug-likeness (QED) is 0.846. The molecule has 0 aromatic carbocycles. The molecule has 1 saturated carbocycles. The summed E-state index contributed by atoms with van der Waals surface area (Å²) in [5.74, 6) is -1.07. The second-order valence-electron chi connectivity index (χ2n) is 8.18. The van der Waals surface area contributed by atoms with Crippen molar-refractivity contribution in [2.75, 3.05) is 26.2 Å². The van der Waals surface area contributed by atoms with Crippen LogP contribution in [0.2, 0.25) is 0 Å². The van der Waals surface area contributed by atoms with Crippen molar-refractivity contribution >= 4 is 17.8 Å². The first-order valence-electron chi connectivity index (χ1n) is 9.11. The van der Waals surface area contributed by atoms with Gasteiger partial charge in [0.2, 0.25) is 11.8 Å². The number of rotatable bonds is 4. The Bertz CT molecular complexity index is 537. The Morgan fingerprint density at radius 3 is 2.33 bits per heavy atom. The van der Waals surface area contributed by atoms with E-state index in [0.29, 0.717) is 25.4 Å². The summed E-state index contributed by atoms with van der Waals surface area (Å²) in [4.78, 5) is 39.6. The second-order valence-corrected chi connectivity index (χ2v) is 8.18. The summed E-state index contributed by atoms with van der Waals surface area (Å²) in [5.41, 5.74) is -0.431. The van der Waals surface area contributed by atoms with Crippen molar-refractivity contribution in [2.24, 2.45) is 23.2 Å². The van der Waals surface area contributed by atoms with Crippen LogP contribution in [0.1, 0.15) is 46.0 Å². The molecule has 0 spiro atoms. The van der Waals surface area contributed by atoms with Crippen LogP contribution in [0.4, 0.5) is 0 Å². The van der Waals surface area contributed by atoms with Crippen LogP contribution in [0.15, 0.2) is 0 Å². The van der Waals surface area contributed by atoms with Crippen LogP contribution in [-0.2, 0) is 14.4 Å². The largest absolute Gasteiger partial charge is 0.481 e. The first-order valence-corrected chi connectivity index (χ1v) is 9.11. The fraction of sp³-hybridized carbons (Fsp3) is 0.833. The lowest BCUT2D eigenvalue weighted by atomic mass is 9.94. The first-order chi connectivity index (χ1) is 11.3. The summed E-state index contributed by atoms with van der Waals surface area (Å²) in [5, 5.41) is 9.25. The Kier molecular flexibility index (Phi) is 4.58. The fourth-order valence-electron chi connectivity index (χ4n) is 4.46. The third kappa shape index (κ3) is 3.15. The SMILES string of the molecule is CC1(C)[C@H](C(=O)O)[C@@H]1C(=O)N1CCC(CN2CCCCC2=O)CC1. The number of nitrogens with zero attached hydrogens (tertiary/aromatic N) is 2. The molecule has 0 bridgehead atoms. The summed E-state index contributed by atoms with van der Waals surface area (Å²) in [6.45, 7) is 6.78. The van der Waals surface area contributed by atoms with E-state index in [0.717, 1.165) is 38.8 Å². The zero-order chi connectivity index (χ0) is 17.5. The normalized spacial score (nSPS) is 30.3. The summed E-state index contributed by atoms with van der Waals surface area (Å²) in [7, 11) is 0. The number of carbonyl (C=O) groups excluding carboxylic acids is 2. The lowest BCUT2D eigenvalue weighted by Crippen LogP contribution is -2.45. The van der Waals surface area contributed by atoms with Gasteiger partial charge in [-0.05, 0) is 37.0 Å². The Morgan fingerprint density at radius 1 is 1.12 bits per heavy atom. The van der Waals surface area contributed by atoms with Crippen LogP contribution >= 0.6 is 0 Å². The van der Waals surface area contributed by atoms with Gasteiger partial charge < -0.3 is 14.9 Å². The Balaban J connectivity index is 1.49. The zero-order valence-corrected chi connectivity index (χ0v) is 14.7. The van der Waals surface area contributed by atoms with Crippen molar-refractivity contribution in [3.63, 3.8) is 0 Å². The Labute approximate surface area is 143 Å². The topological polar surface area (TPSA) is 77.9 Å². The van der Waals surface area contributed by atoms with Crippen LogP contribution in [0.3, 0.4) is 0 Å². The Hall–Kier alpha value is -1.59. The van der Waals surface area contributed by atoms with Gasteiger partial charge in [0.05, 0.1) is 11.8 Å². The van der Waals surface area contributed by atoms with E-state index in [4.69, 9.17) is 0 Å². The molecular formula is C18H28N2O4. The van der Waals surface area contributed by atoms with Gasteiger partial charge >= 0.3 is 5.97 Å². The molecule has 6 nitrogen and oxygen atoms in total. The van der Waals surface area contributed by atoms with E-state index < -0.39 is 17.3 Å². The monoisotopic (exact) mass is 336 g/mol. The van der Waals surface area contributed by atoms with Crippen LogP contribution in [-0.4, -0.2) is 58.9 Å². The number of carbonyl (C=O) groups is 3. The number of hydrogen-bond donors (Lipinski definition) is 1. The van der Waals surface area contributed by atoms with Crippen molar-refractivity contribution in [3.8, 4) is 0 Å². The van der Waals surface area contributed by atoms with Crippen molar-refractivity contribution < 1.29 is 19.5 Å². The van der Waals surface area contributed by atoms with E-state index >= 15 is 0 Å². The van der Waals surface area contributed by atoms with Gasteiger partial charge in [-0.3, -0.25) is 14.4 Å². The maximum absolute atomic E-state index is 12.6. The molecule has 2 atom stereocenters. The molecule has 2 heterocycles. The van der Waals surface area contributed by atoms with Gasteiger partial charge in [0.1, 0.15) is 0 Å². The summed E-state index contributed by atoms with van der Waals surface area (Å²) < 4.78 is 0. The van der Waals surface area contributed by atoms with Crippen LogP contribution in [0.25, 0.3) is 0 Å².